The number of fused-ring (bicyclic) bond motifs is 5. The molecule has 3 nitrogen and oxygen atoms in total. The molecule has 0 aliphatic heterocycles. The molecule has 0 aromatic carbocycles. The van der Waals surface area contributed by atoms with Gasteiger partial charge in [-0.3, -0.25) is 4.79 Å². The maximum absolute atomic E-state index is 12.2. The topological polar surface area (TPSA) is 41.1 Å². The zero-order chi connectivity index (χ0) is 13.4. The highest BCUT2D eigenvalue weighted by Gasteiger charge is 2.54. The molecular formula is C16H28N2O. The van der Waals surface area contributed by atoms with Crippen LogP contribution in [0.25, 0.3) is 0 Å². The second-order valence-corrected chi connectivity index (χ2v) is 6.98. The molecule has 0 radical (unpaired) electrons. The number of hydrogen-bond acceptors (Lipinski definition) is 2. The van der Waals surface area contributed by atoms with Crippen LogP contribution < -0.4 is 10.6 Å². The Balaban J connectivity index is 1.53. The molecule has 3 fully saturated rings. The molecule has 2 N–H and O–H groups in total. The fraction of sp³-hybridized carbons (Fsp3) is 0.938. The van der Waals surface area contributed by atoms with E-state index < -0.39 is 0 Å². The highest BCUT2D eigenvalue weighted by atomic mass is 16.1. The van der Waals surface area contributed by atoms with Crippen LogP contribution in [0.2, 0.25) is 0 Å². The molecule has 3 aliphatic carbocycles. The van der Waals surface area contributed by atoms with Crippen molar-refractivity contribution in [3.05, 3.63) is 0 Å². The minimum absolute atomic E-state index is 0.0958. The van der Waals surface area contributed by atoms with Crippen molar-refractivity contribution in [1.29, 1.82) is 0 Å². The Morgan fingerprint density at radius 2 is 2.00 bits per heavy atom. The van der Waals surface area contributed by atoms with Gasteiger partial charge in [0.15, 0.2) is 0 Å². The molecule has 0 saturated heterocycles. The van der Waals surface area contributed by atoms with Gasteiger partial charge in [0.1, 0.15) is 0 Å². The van der Waals surface area contributed by atoms with E-state index >= 15 is 0 Å². The Morgan fingerprint density at radius 3 is 2.79 bits per heavy atom. The lowest BCUT2D eigenvalue weighted by atomic mass is 9.79. The Morgan fingerprint density at radius 1 is 1.21 bits per heavy atom. The Labute approximate surface area is 116 Å². The normalized spacial score (nSPS) is 41.3. The summed E-state index contributed by atoms with van der Waals surface area (Å²) in [4.78, 5) is 12.2. The van der Waals surface area contributed by atoms with Crippen molar-refractivity contribution in [2.24, 2.45) is 29.6 Å². The van der Waals surface area contributed by atoms with E-state index in [9.17, 15) is 4.79 Å². The van der Waals surface area contributed by atoms with Gasteiger partial charge in [-0.15, -0.1) is 0 Å². The summed E-state index contributed by atoms with van der Waals surface area (Å²) in [6.07, 6.45) is 6.96. The van der Waals surface area contributed by atoms with Gasteiger partial charge < -0.3 is 10.6 Å². The molecule has 19 heavy (non-hydrogen) atoms. The van der Waals surface area contributed by atoms with E-state index in [1.54, 1.807) is 0 Å². The molecule has 3 rings (SSSR count). The molecule has 6 unspecified atom stereocenters. The summed E-state index contributed by atoms with van der Waals surface area (Å²) in [5.74, 6) is 4.02. The zero-order valence-corrected chi connectivity index (χ0v) is 12.3. The van der Waals surface area contributed by atoms with Crippen LogP contribution in [0.1, 0.15) is 46.0 Å². The summed E-state index contributed by atoms with van der Waals surface area (Å²) in [5, 5.41) is 6.62. The van der Waals surface area contributed by atoms with Crippen molar-refractivity contribution in [2.75, 3.05) is 13.1 Å². The van der Waals surface area contributed by atoms with E-state index in [0.717, 1.165) is 36.8 Å². The lowest BCUT2D eigenvalue weighted by Crippen LogP contribution is -2.46. The van der Waals surface area contributed by atoms with Gasteiger partial charge in [-0.25, -0.2) is 0 Å². The molecule has 0 spiro atoms. The average molecular weight is 264 g/mol. The second kappa shape index (κ2) is 5.43. The number of carbonyl (C=O) groups excluding carboxylic acids is 1. The molecule has 0 aromatic rings. The van der Waals surface area contributed by atoms with E-state index in [1.807, 2.05) is 6.92 Å². The maximum atomic E-state index is 12.2. The average Bonchev–Trinajstić information content (AvgIpc) is 3.06. The SMILES string of the molecule is CCNCC(C)C(=O)NC1CC2CC1C1CCCC21. The van der Waals surface area contributed by atoms with Crippen molar-refractivity contribution in [1.82, 2.24) is 10.6 Å². The van der Waals surface area contributed by atoms with Crippen molar-refractivity contribution in [2.45, 2.75) is 52.0 Å². The first kappa shape index (κ1) is 13.4. The summed E-state index contributed by atoms with van der Waals surface area (Å²) in [7, 11) is 0. The minimum Gasteiger partial charge on any atom is -0.353 e. The van der Waals surface area contributed by atoms with Crippen LogP contribution in [0.5, 0.6) is 0 Å². The summed E-state index contributed by atoms with van der Waals surface area (Å²) >= 11 is 0. The maximum Gasteiger partial charge on any atom is 0.224 e. The van der Waals surface area contributed by atoms with Crippen molar-refractivity contribution >= 4 is 5.91 Å². The number of carbonyl (C=O) groups is 1. The van der Waals surface area contributed by atoms with E-state index in [4.69, 9.17) is 0 Å². The van der Waals surface area contributed by atoms with Gasteiger partial charge in [-0.1, -0.05) is 20.3 Å². The molecule has 3 saturated carbocycles. The van der Waals surface area contributed by atoms with Crippen LogP contribution in [0, 0.1) is 29.6 Å². The largest absolute Gasteiger partial charge is 0.353 e. The number of amides is 1. The third-order valence-corrected chi connectivity index (χ3v) is 5.90. The molecule has 6 atom stereocenters. The van der Waals surface area contributed by atoms with E-state index in [1.165, 1.54) is 32.1 Å². The molecule has 1 amide bonds. The molecule has 3 heteroatoms. The van der Waals surface area contributed by atoms with Gasteiger partial charge in [0.2, 0.25) is 5.91 Å². The first-order chi connectivity index (χ1) is 9.20. The third kappa shape index (κ3) is 2.42. The Bertz CT molecular complexity index is 344. The highest BCUT2D eigenvalue weighted by molar-refractivity contribution is 5.78. The Kier molecular flexibility index (Phi) is 3.84. The van der Waals surface area contributed by atoms with Crippen LogP contribution in [0.4, 0.5) is 0 Å². The summed E-state index contributed by atoms with van der Waals surface area (Å²) in [6.45, 7) is 5.86. The predicted octanol–water partition coefficient (Wildman–Crippen LogP) is 2.17. The number of hydrogen-bond donors (Lipinski definition) is 2. The van der Waals surface area contributed by atoms with Gasteiger partial charge in [-0.05, 0) is 55.9 Å². The number of nitrogens with one attached hydrogen (secondary N) is 2. The summed E-state index contributed by atoms with van der Waals surface area (Å²) in [5.41, 5.74) is 0. The monoisotopic (exact) mass is 264 g/mol. The lowest BCUT2D eigenvalue weighted by Gasteiger charge is -2.32. The zero-order valence-electron chi connectivity index (χ0n) is 12.3. The molecular weight excluding hydrogens is 236 g/mol. The number of rotatable bonds is 5. The Hall–Kier alpha value is -0.570. The van der Waals surface area contributed by atoms with Gasteiger partial charge >= 0.3 is 0 Å². The predicted molar refractivity (Wildman–Crippen MR) is 76.7 cm³/mol. The van der Waals surface area contributed by atoms with Crippen molar-refractivity contribution in [3.8, 4) is 0 Å². The van der Waals surface area contributed by atoms with Gasteiger partial charge in [0.25, 0.3) is 0 Å². The summed E-state index contributed by atoms with van der Waals surface area (Å²) < 4.78 is 0. The van der Waals surface area contributed by atoms with Gasteiger partial charge in [0, 0.05) is 18.5 Å². The third-order valence-electron chi connectivity index (χ3n) is 5.90. The van der Waals surface area contributed by atoms with E-state index in [2.05, 4.69) is 17.6 Å². The molecule has 3 aliphatic rings. The molecule has 0 heterocycles. The molecule has 0 aromatic heterocycles. The second-order valence-electron chi connectivity index (χ2n) is 6.98. The lowest BCUT2D eigenvalue weighted by molar-refractivity contribution is -0.125. The van der Waals surface area contributed by atoms with Crippen LogP contribution in [-0.4, -0.2) is 25.0 Å². The standard InChI is InChI=1S/C16H28N2O/c1-3-17-9-10(2)16(19)18-15-8-11-7-14(15)13-6-4-5-12(11)13/h10-15,17H,3-9H2,1-2H3,(H,18,19). The van der Waals surface area contributed by atoms with Crippen LogP contribution in [0.15, 0.2) is 0 Å². The fourth-order valence-corrected chi connectivity index (χ4v) is 5.01. The smallest absolute Gasteiger partial charge is 0.224 e. The van der Waals surface area contributed by atoms with E-state index in [-0.39, 0.29) is 11.8 Å². The van der Waals surface area contributed by atoms with Crippen molar-refractivity contribution < 1.29 is 4.79 Å². The van der Waals surface area contributed by atoms with Crippen LogP contribution in [-0.2, 0) is 4.79 Å². The first-order valence-corrected chi connectivity index (χ1v) is 8.21. The van der Waals surface area contributed by atoms with Crippen molar-refractivity contribution in [3.63, 3.8) is 0 Å². The van der Waals surface area contributed by atoms with Gasteiger partial charge in [0.05, 0.1) is 0 Å². The quantitative estimate of drug-likeness (QED) is 0.799. The summed E-state index contributed by atoms with van der Waals surface area (Å²) in [6, 6.07) is 0.487. The molecule has 108 valence electrons. The highest BCUT2D eigenvalue weighted by Crippen LogP contribution is 2.58. The fourth-order valence-electron chi connectivity index (χ4n) is 5.01. The molecule has 2 bridgehead atoms. The van der Waals surface area contributed by atoms with Crippen LogP contribution >= 0.6 is 0 Å². The minimum atomic E-state index is 0.0958. The van der Waals surface area contributed by atoms with Gasteiger partial charge in [-0.2, -0.15) is 0 Å². The van der Waals surface area contributed by atoms with Crippen LogP contribution in [0.3, 0.4) is 0 Å². The van der Waals surface area contributed by atoms with E-state index in [0.29, 0.717) is 6.04 Å². The first-order valence-electron chi connectivity index (χ1n) is 8.21.